The van der Waals surface area contributed by atoms with E-state index in [0.717, 1.165) is 14.8 Å². The highest BCUT2D eigenvalue weighted by atomic mass is 35.5. The fraction of sp³-hybridized carbons (Fsp3) is 0.211. The summed E-state index contributed by atoms with van der Waals surface area (Å²) < 4.78 is 2.05. The standard InChI is InChI=1S/C19H18ClN5O3/c1-2-10-24-18(27)16(17(26)22-12-13-4-3-9-21-11-13)23-25(19(24)28)15-7-5-14(20)6-8-15/h3-9,11H,2,10,12H2,1H3,(H,22,26). The Morgan fingerprint density at radius 1 is 1.18 bits per heavy atom. The first-order valence-corrected chi connectivity index (χ1v) is 9.06. The van der Waals surface area contributed by atoms with Gasteiger partial charge in [-0.2, -0.15) is 9.78 Å². The summed E-state index contributed by atoms with van der Waals surface area (Å²) in [6.45, 7) is 2.19. The van der Waals surface area contributed by atoms with Crippen LogP contribution in [0.3, 0.4) is 0 Å². The van der Waals surface area contributed by atoms with E-state index in [4.69, 9.17) is 11.6 Å². The topological polar surface area (TPSA) is 98.9 Å². The Morgan fingerprint density at radius 3 is 2.57 bits per heavy atom. The van der Waals surface area contributed by atoms with Gasteiger partial charge in [0.05, 0.1) is 5.69 Å². The van der Waals surface area contributed by atoms with Crippen LogP contribution in [0, 0.1) is 0 Å². The summed E-state index contributed by atoms with van der Waals surface area (Å²) in [5.74, 6) is -0.665. The Bertz CT molecular complexity index is 1090. The van der Waals surface area contributed by atoms with Crippen LogP contribution in [-0.4, -0.2) is 25.2 Å². The van der Waals surface area contributed by atoms with E-state index in [-0.39, 0.29) is 18.8 Å². The number of carbonyl (C=O) groups excluding carboxylic acids is 1. The molecule has 0 fully saturated rings. The van der Waals surface area contributed by atoms with E-state index in [0.29, 0.717) is 17.1 Å². The third-order valence-corrected chi connectivity index (χ3v) is 4.22. The predicted molar refractivity (Wildman–Crippen MR) is 105 cm³/mol. The first kappa shape index (κ1) is 19.5. The molecule has 0 saturated carbocycles. The lowest BCUT2D eigenvalue weighted by Gasteiger charge is -2.11. The van der Waals surface area contributed by atoms with Crippen molar-refractivity contribution in [2.75, 3.05) is 0 Å². The van der Waals surface area contributed by atoms with E-state index in [2.05, 4.69) is 15.4 Å². The first-order valence-electron chi connectivity index (χ1n) is 8.68. The van der Waals surface area contributed by atoms with Crippen molar-refractivity contribution >= 4 is 17.5 Å². The van der Waals surface area contributed by atoms with Crippen molar-refractivity contribution in [2.24, 2.45) is 0 Å². The highest BCUT2D eigenvalue weighted by Gasteiger charge is 2.19. The Balaban J connectivity index is 2.02. The number of aromatic nitrogens is 4. The number of hydrogen-bond acceptors (Lipinski definition) is 5. The largest absolute Gasteiger partial charge is 0.352 e. The summed E-state index contributed by atoms with van der Waals surface area (Å²) >= 11 is 5.89. The molecule has 0 unspecified atom stereocenters. The Hall–Kier alpha value is -3.26. The molecule has 1 amide bonds. The van der Waals surface area contributed by atoms with Gasteiger partial charge < -0.3 is 5.32 Å². The molecule has 28 heavy (non-hydrogen) atoms. The van der Waals surface area contributed by atoms with Crippen LogP contribution in [0.25, 0.3) is 5.69 Å². The van der Waals surface area contributed by atoms with Crippen LogP contribution in [0.2, 0.25) is 5.02 Å². The second kappa shape index (κ2) is 8.62. The fourth-order valence-corrected chi connectivity index (χ4v) is 2.72. The number of pyridine rings is 1. The van der Waals surface area contributed by atoms with Gasteiger partial charge in [0.1, 0.15) is 0 Å². The number of nitrogens with zero attached hydrogens (tertiary/aromatic N) is 4. The molecule has 2 aromatic heterocycles. The molecule has 0 saturated heterocycles. The van der Waals surface area contributed by atoms with Gasteiger partial charge in [-0.3, -0.25) is 19.1 Å². The molecule has 1 aromatic carbocycles. The SMILES string of the molecule is CCCn1c(=O)c(C(=O)NCc2cccnc2)nn(-c2ccc(Cl)cc2)c1=O. The van der Waals surface area contributed by atoms with Crippen LogP contribution in [0.15, 0.2) is 58.4 Å². The maximum Gasteiger partial charge on any atom is 0.352 e. The molecule has 0 bridgehead atoms. The van der Waals surface area contributed by atoms with Crippen molar-refractivity contribution in [1.82, 2.24) is 24.6 Å². The van der Waals surface area contributed by atoms with Crippen molar-refractivity contribution in [1.29, 1.82) is 0 Å². The zero-order valence-corrected chi connectivity index (χ0v) is 15.9. The summed E-state index contributed by atoms with van der Waals surface area (Å²) in [4.78, 5) is 41.9. The second-order valence-electron chi connectivity index (χ2n) is 6.02. The van der Waals surface area contributed by atoms with Crippen LogP contribution in [0.5, 0.6) is 0 Å². The molecule has 0 aliphatic rings. The molecule has 0 radical (unpaired) electrons. The second-order valence-corrected chi connectivity index (χ2v) is 6.46. The number of carbonyl (C=O) groups is 1. The van der Waals surface area contributed by atoms with Gasteiger partial charge >= 0.3 is 5.69 Å². The summed E-state index contributed by atoms with van der Waals surface area (Å²) in [7, 11) is 0. The highest BCUT2D eigenvalue weighted by Crippen LogP contribution is 2.11. The van der Waals surface area contributed by atoms with E-state index < -0.39 is 17.2 Å². The van der Waals surface area contributed by atoms with Crippen molar-refractivity contribution in [3.63, 3.8) is 0 Å². The third-order valence-electron chi connectivity index (χ3n) is 3.97. The van der Waals surface area contributed by atoms with Crippen molar-refractivity contribution in [3.8, 4) is 5.69 Å². The molecular weight excluding hydrogens is 382 g/mol. The Labute approximate surface area is 165 Å². The van der Waals surface area contributed by atoms with Crippen molar-refractivity contribution < 1.29 is 4.79 Å². The molecule has 9 heteroatoms. The van der Waals surface area contributed by atoms with E-state index in [1.54, 1.807) is 48.8 Å². The fourth-order valence-electron chi connectivity index (χ4n) is 2.60. The smallest absolute Gasteiger partial charge is 0.346 e. The molecule has 0 aliphatic carbocycles. The number of rotatable bonds is 6. The van der Waals surface area contributed by atoms with E-state index in [9.17, 15) is 14.4 Å². The van der Waals surface area contributed by atoms with Crippen LogP contribution in [-0.2, 0) is 13.1 Å². The summed E-state index contributed by atoms with van der Waals surface area (Å²) in [6, 6.07) is 9.92. The monoisotopic (exact) mass is 399 g/mol. The lowest BCUT2D eigenvalue weighted by Crippen LogP contribution is -2.45. The zero-order valence-electron chi connectivity index (χ0n) is 15.1. The lowest BCUT2D eigenvalue weighted by atomic mass is 10.3. The molecule has 2 heterocycles. The Morgan fingerprint density at radius 2 is 1.93 bits per heavy atom. The average Bonchev–Trinajstić information content (AvgIpc) is 2.71. The predicted octanol–water partition coefficient (Wildman–Crippen LogP) is 1.78. The first-order chi connectivity index (χ1) is 13.5. The molecule has 144 valence electrons. The maximum absolute atomic E-state index is 12.7. The third kappa shape index (κ3) is 4.17. The van der Waals surface area contributed by atoms with Gasteiger partial charge in [0, 0.05) is 30.5 Å². The van der Waals surface area contributed by atoms with E-state index >= 15 is 0 Å². The van der Waals surface area contributed by atoms with Crippen LogP contribution < -0.4 is 16.6 Å². The van der Waals surface area contributed by atoms with E-state index in [1.165, 1.54) is 0 Å². The highest BCUT2D eigenvalue weighted by molar-refractivity contribution is 6.30. The minimum Gasteiger partial charge on any atom is -0.346 e. The number of hydrogen-bond donors (Lipinski definition) is 1. The molecule has 3 aromatic rings. The van der Waals surface area contributed by atoms with Gasteiger partial charge in [-0.15, -0.1) is 0 Å². The molecule has 0 aliphatic heterocycles. The van der Waals surface area contributed by atoms with Gasteiger partial charge in [-0.05, 0) is 42.3 Å². The number of benzene rings is 1. The summed E-state index contributed by atoms with van der Waals surface area (Å²) in [6.07, 6.45) is 3.78. The van der Waals surface area contributed by atoms with Crippen LogP contribution >= 0.6 is 11.6 Å². The van der Waals surface area contributed by atoms with Gasteiger partial charge in [0.2, 0.25) is 5.69 Å². The van der Waals surface area contributed by atoms with E-state index in [1.807, 2.05) is 6.92 Å². The summed E-state index contributed by atoms with van der Waals surface area (Å²) in [5.41, 5.74) is -0.512. The van der Waals surface area contributed by atoms with Gasteiger partial charge in [-0.1, -0.05) is 24.6 Å². The normalized spacial score (nSPS) is 10.6. The summed E-state index contributed by atoms with van der Waals surface area (Å²) in [5, 5.41) is 7.16. The minimum absolute atomic E-state index is 0.177. The average molecular weight is 400 g/mol. The lowest BCUT2D eigenvalue weighted by molar-refractivity contribution is 0.0941. The van der Waals surface area contributed by atoms with Crippen molar-refractivity contribution in [3.05, 3.63) is 85.9 Å². The number of nitrogens with one attached hydrogen (secondary N) is 1. The van der Waals surface area contributed by atoms with Crippen LogP contribution in [0.1, 0.15) is 29.4 Å². The van der Waals surface area contributed by atoms with Crippen LogP contribution in [0.4, 0.5) is 0 Å². The van der Waals surface area contributed by atoms with Crippen molar-refractivity contribution in [2.45, 2.75) is 26.4 Å². The van der Waals surface area contributed by atoms with Gasteiger partial charge in [0.15, 0.2) is 0 Å². The molecular formula is C19H18ClN5O3. The molecule has 1 N–H and O–H groups in total. The number of amides is 1. The Kier molecular flexibility index (Phi) is 6.00. The zero-order chi connectivity index (χ0) is 20.1. The molecule has 0 spiro atoms. The molecule has 8 nitrogen and oxygen atoms in total. The van der Waals surface area contributed by atoms with Gasteiger partial charge in [-0.25, -0.2) is 4.79 Å². The number of halogens is 1. The quantitative estimate of drug-likeness (QED) is 0.681. The molecule has 3 rings (SSSR count). The molecule has 0 atom stereocenters. The van der Waals surface area contributed by atoms with Gasteiger partial charge in [0.25, 0.3) is 11.5 Å². The minimum atomic E-state index is -0.722. The maximum atomic E-state index is 12.7.